The van der Waals surface area contributed by atoms with E-state index in [1.807, 2.05) is 13.8 Å². The summed E-state index contributed by atoms with van der Waals surface area (Å²) < 4.78 is 35.4. The predicted molar refractivity (Wildman–Crippen MR) is 92.6 cm³/mol. The van der Waals surface area contributed by atoms with Crippen molar-refractivity contribution in [1.29, 1.82) is 0 Å². The van der Waals surface area contributed by atoms with Crippen LogP contribution in [-0.4, -0.2) is 20.5 Å². The van der Waals surface area contributed by atoms with E-state index >= 15 is 0 Å². The molecule has 25 heavy (non-hydrogen) atoms. The molecular formula is C17H19NO6S. The van der Waals surface area contributed by atoms with Crippen molar-refractivity contribution in [1.82, 2.24) is 0 Å². The van der Waals surface area contributed by atoms with Gasteiger partial charge >= 0.3 is 10.1 Å². The molecule has 0 aliphatic heterocycles. The van der Waals surface area contributed by atoms with Crippen LogP contribution >= 0.6 is 0 Å². The summed E-state index contributed by atoms with van der Waals surface area (Å²) in [6.07, 6.45) is 0.795. The number of methoxy groups -OCH3 is 1. The van der Waals surface area contributed by atoms with Gasteiger partial charge in [0.1, 0.15) is 11.5 Å². The first kappa shape index (κ1) is 18.7. The lowest BCUT2D eigenvalue weighted by molar-refractivity contribution is -0.388. The summed E-state index contributed by atoms with van der Waals surface area (Å²) in [4.78, 5) is 9.95. The van der Waals surface area contributed by atoms with Crippen LogP contribution in [0.1, 0.15) is 31.7 Å². The summed E-state index contributed by atoms with van der Waals surface area (Å²) in [5.74, 6) is 0.435. The fraction of sp³-hybridized carbons (Fsp3) is 0.294. The highest BCUT2D eigenvalue weighted by molar-refractivity contribution is 7.87. The van der Waals surface area contributed by atoms with Crippen LogP contribution in [0.3, 0.4) is 0 Å². The Kier molecular flexibility index (Phi) is 5.63. The Balaban J connectivity index is 2.50. The first-order valence-electron chi connectivity index (χ1n) is 7.66. The molecule has 0 bridgehead atoms. The highest BCUT2D eigenvalue weighted by Crippen LogP contribution is 2.34. The van der Waals surface area contributed by atoms with E-state index in [1.165, 1.54) is 19.2 Å². The zero-order valence-corrected chi connectivity index (χ0v) is 14.9. The van der Waals surface area contributed by atoms with Gasteiger partial charge in [-0.15, -0.1) is 0 Å². The fourth-order valence-corrected chi connectivity index (χ4v) is 3.43. The standard InChI is InChI=1S/C17H19NO6S/c1-4-12(2)14-7-5-6-8-16(14)24-25(21,22)17-10-9-13(23-3)11-15(17)18(19)20/h5-12H,4H2,1-3H3. The number of hydrogen-bond acceptors (Lipinski definition) is 6. The quantitative estimate of drug-likeness (QED) is 0.420. The third-order valence-corrected chi connectivity index (χ3v) is 5.18. The minimum absolute atomic E-state index is 0.0808. The first-order chi connectivity index (χ1) is 11.8. The smallest absolute Gasteiger partial charge is 0.346 e. The van der Waals surface area contributed by atoms with E-state index in [4.69, 9.17) is 8.92 Å². The van der Waals surface area contributed by atoms with E-state index < -0.39 is 25.6 Å². The van der Waals surface area contributed by atoms with Crippen LogP contribution in [0.25, 0.3) is 0 Å². The zero-order chi connectivity index (χ0) is 18.6. The maximum absolute atomic E-state index is 12.6. The molecule has 0 aliphatic rings. The molecular weight excluding hydrogens is 346 g/mol. The summed E-state index contributed by atoms with van der Waals surface area (Å²) in [6.45, 7) is 3.93. The van der Waals surface area contributed by atoms with Crippen LogP contribution in [0.4, 0.5) is 5.69 Å². The molecule has 2 rings (SSSR count). The molecule has 1 atom stereocenters. The van der Waals surface area contributed by atoms with Gasteiger partial charge in [0.15, 0.2) is 4.90 Å². The van der Waals surface area contributed by atoms with Crippen molar-refractivity contribution < 1.29 is 22.3 Å². The molecule has 2 aromatic rings. The number of nitro benzene ring substituents is 1. The topological polar surface area (TPSA) is 95.7 Å². The molecule has 0 spiro atoms. The van der Waals surface area contributed by atoms with Gasteiger partial charge in [-0.25, -0.2) is 0 Å². The first-order valence-corrected chi connectivity index (χ1v) is 9.06. The van der Waals surface area contributed by atoms with E-state index in [0.717, 1.165) is 24.1 Å². The minimum Gasteiger partial charge on any atom is -0.497 e. The number of rotatable bonds is 7. The van der Waals surface area contributed by atoms with Gasteiger partial charge in [0, 0.05) is 0 Å². The summed E-state index contributed by atoms with van der Waals surface area (Å²) in [5.41, 5.74) is 0.130. The lowest BCUT2D eigenvalue weighted by Crippen LogP contribution is -2.13. The molecule has 0 heterocycles. The van der Waals surface area contributed by atoms with Crippen molar-refractivity contribution in [2.45, 2.75) is 31.1 Å². The molecule has 1 unspecified atom stereocenters. The van der Waals surface area contributed by atoms with Crippen molar-refractivity contribution in [2.75, 3.05) is 7.11 Å². The Morgan fingerprint density at radius 3 is 2.48 bits per heavy atom. The summed E-state index contributed by atoms with van der Waals surface area (Å²) >= 11 is 0. The Morgan fingerprint density at radius 2 is 1.88 bits per heavy atom. The van der Waals surface area contributed by atoms with Crippen molar-refractivity contribution in [2.24, 2.45) is 0 Å². The molecule has 0 fully saturated rings. The third kappa shape index (κ3) is 4.08. The largest absolute Gasteiger partial charge is 0.497 e. The van der Waals surface area contributed by atoms with E-state index in [2.05, 4.69) is 0 Å². The summed E-state index contributed by atoms with van der Waals surface area (Å²) in [5, 5.41) is 11.2. The number of nitro groups is 1. The molecule has 0 saturated carbocycles. The van der Waals surface area contributed by atoms with E-state index in [1.54, 1.807) is 18.2 Å². The highest BCUT2D eigenvalue weighted by atomic mass is 32.2. The maximum atomic E-state index is 12.6. The Morgan fingerprint density at radius 1 is 1.20 bits per heavy atom. The van der Waals surface area contributed by atoms with Crippen LogP contribution in [0.2, 0.25) is 0 Å². The van der Waals surface area contributed by atoms with Gasteiger partial charge in [-0.1, -0.05) is 32.0 Å². The molecule has 134 valence electrons. The predicted octanol–water partition coefficient (Wildman–Crippen LogP) is 3.88. The number of ether oxygens (including phenoxy) is 1. The maximum Gasteiger partial charge on any atom is 0.346 e. The Labute approximate surface area is 146 Å². The van der Waals surface area contributed by atoms with Gasteiger partial charge in [0.05, 0.1) is 18.1 Å². The minimum atomic E-state index is -4.38. The molecule has 0 saturated heterocycles. The molecule has 0 aromatic heterocycles. The average molecular weight is 365 g/mol. The SMILES string of the molecule is CCC(C)c1ccccc1OS(=O)(=O)c1ccc(OC)cc1[N+](=O)[O-]. The number of hydrogen-bond donors (Lipinski definition) is 0. The molecule has 7 nitrogen and oxygen atoms in total. The number of para-hydroxylation sites is 1. The van der Waals surface area contributed by atoms with Gasteiger partial charge in [-0.05, 0) is 36.1 Å². The molecule has 8 heteroatoms. The Bertz CT molecular complexity index is 878. The molecule has 0 radical (unpaired) electrons. The van der Waals surface area contributed by atoms with Crippen molar-refractivity contribution >= 4 is 15.8 Å². The van der Waals surface area contributed by atoms with Gasteiger partial charge < -0.3 is 8.92 Å². The van der Waals surface area contributed by atoms with E-state index in [-0.39, 0.29) is 17.4 Å². The van der Waals surface area contributed by atoms with Crippen LogP contribution in [-0.2, 0) is 10.1 Å². The van der Waals surface area contributed by atoms with Crippen molar-refractivity contribution in [3.63, 3.8) is 0 Å². The zero-order valence-electron chi connectivity index (χ0n) is 14.1. The third-order valence-electron chi connectivity index (χ3n) is 3.89. The van der Waals surface area contributed by atoms with Gasteiger partial charge in [0.25, 0.3) is 5.69 Å². The normalized spacial score (nSPS) is 12.4. The second-order valence-corrected chi connectivity index (χ2v) is 6.99. The Hall–Kier alpha value is -2.61. The molecule has 0 N–H and O–H groups in total. The highest BCUT2D eigenvalue weighted by Gasteiger charge is 2.29. The summed E-state index contributed by atoms with van der Waals surface area (Å²) in [6, 6.07) is 10.3. The van der Waals surface area contributed by atoms with Crippen molar-refractivity contribution in [3.8, 4) is 11.5 Å². The number of nitrogens with zero attached hydrogens (tertiary/aromatic N) is 1. The fourth-order valence-electron chi connectivity index (χ4n) is 2.32. The van der Waals surface area contributed by atoms with Crippen LogP contribution in [0.5, 0.6) is 11.5 Å². The second-order valence-electron chi connectivity index (χ2n) is 5.48. The number of benzene rings is 2. The average Bonchev–Trinajstić information content (AvgIpc) is 2.60. The molecule has 0 aliphatic carbocycles. The lowest BCUT2D eigenvalue weighted by atomic mass is 9.98. The van der Waals surface area contributed by atoms with Crippen LogP contribution in [0, 0.1) is 10.1 Å². The molecule has 0 amide bonds. The second kappa shape index (κ2) is 7.52. The molecule has 2 aromatic carbocycles. The van der Waals surface area contributed by atoms with Crippen molar-refractivity contribution in [3.05, 3.63) is 58.1 Å². The monoisotopic (exact) mass is 365 g/mol. The van der Waals surface area contributed by atoms with E-state index in [9.17, 15) is 18.5 Å². The van der Waals surface area contributed by atoms with E-state index in [0.29, 0.717) is 0 Å². The van der Waals surface area contributed by atoms with Crippen LogP contribution < -0.4 is 8.92 Å². The van der Waals surface area contributed by atoms with Crippen LogP contribution in [0.15, 0.2) is 47.4 Å². The van der Waals surface area contributed by atoms with Gasteiger partial charge in [-0.3, -0.25) is 10.1 Å². The van der Waals surface area contributed by atoms with Gasteiger partial charge in [-0.2, -0.15) is 8.42 Å². The van der Waals surface area contributed by atoms with Gasteiger partial charge in [0.2, 0.25) is 0 Å². The lowest BCUT2D eigenvalue weighted by Gasteiger charge is -2.15. The summed E-state index contributed by atoms with van der Waals surface area (Å²) in [7, 11) is -3.04.